The van der Waals surface area contributed by atoms with E-state index in [1.54, 1.807) is 12.1 Å². The average Bonchev–Trinajstić information content (AvgIpc) is 2.32. The molecule has 0 aromatic heterocycles. The largest absolute Gasteiger partial charge is 0.481 e. The molecule has 1 unspecified atom stereocenters. The van der Waals surface area contributed by atoms with Crippen molar-refractivity contribution in [3.05, 3.63) is 28.7 Å². The topological polar surface area (TPSA) is 66.8 Å². The molecule has 1 aromatic rings. The fourth-order valence-corrected chi connectivity index (χ4v) is 2.12. The van der Waals surface area contributed by atoms with Crippen molar-refractivity contribution in [3.63, 3.8) is 0 Å². The molecular formula is C12H12BrNO4. The van der Waals surface area contributed by atoms with Crippen LogP contribution in [0.4, 0.5) is 10.5 Å². The number of benzene rings is 1. The van der Waals surface area contributed by atoms with Gasteiger partial charge in [0.2, 0.25) is 0 Å². The Balaban J connectivity index is 2.12. The molecule has 5 nitrogen and oxygen atoms in total. The van der Waals surface area contributed by atoms with Crippen LogP contribution in [0.1, 0.15) is 6.42 Å². The van der Waals surface area contributed by atoms with Gasteiger partial charge in [-0.1, -0.05) is 15.9 Å². The Bertz CT molecular complexity index is 460. The monoisotopic (exact) mass is 313 g/mol. The van der Waals surface area contributed by atoms with Crippen molar-refractivity contribution >= 4 is 33.7 Å². The maximum atomic E-state index is 11.7. The number of nitrogens with zero attached hydrogens (tertiary/aromatic N) is 1. The van der Waals surface area contributed by atoms with Crippen LogP contribution in [0.3, 0.4) is 0 Å². The van der Waals surface area contributed by atoms with E-state index in [0.29, 0.717) is 12.2 Å². The van der Waals surface area contributed by atoms with E-state index in [9.17, 15) is 9.59 Å². The number of rotatable bonds is 3. The molecule has 0 bridgehead atoms. The Hall–Kier alpha value is -1.56. The van der Waals surface area contributed by atoms with Crippen LogP contribution in [0.15, 0.2) is 28.7 Å². The maximum Gasteiger partial charge on any atom is 0.414 e. The molecule has 96 valence electrons. The smallest absolute Gasteiger partial charge is 0.414 e. The highest BCUT2D eigenvalue weighted by atomic mass is 79.9. The molecule has 1 N–H and O–H groups in total. The molecule has 1 amide bonds. The number of carbonyl (C=O) groups is 2. The zero-order valence-corrected chi connectivity index (χ0v) is 11.1. The van der Waals surface area contributed by atoms with Crippen LogP contribution in [-0.4, -0.2) is 30.3 Å². The van der Waals surface area contributed by atoms with E-state index in [4.69, 9.17) is 9.84 Å². The van der Waals surface area contributed by atoms with E-state index in [2.05, 4.69) is 15.9 Å². The number of cyclic esters (lactones) is 1. The molecule has 2 rings (SSSR count). The van der Waals surface area contributed by atoms with E-state index in [0.717, 1.165) is 4.47 Å². The van der Waals surface area contributed by atoms with Gasteiger partial charge >= 0.3 is 12.1 Å². The second-order valence-electron chi connectivity index (χ2n) is 4.13. The number of carbonyl (C=O) groups excluding carboxylic acids is 1. The van der Waals surface area contributed by atoms with Gasteiger partial charge in [-0.25, -0.2) is 4.79 Å². The fourth-order valence-electron chi connectivity index (χ4n) is 1.85. The maximum absolute atomic E-state index is 11.7. The van der Waals surface area contributed by atoms with Crippen molar-refractivity contribution < 1.29 is 19.4 Å². The van der Waals surface area contributed by atoms with Gasteiger partial charge in [0.15, 0.2) is 0 Å². The van der Waals surface area contributed by atoms with Crippen LogP contribution in [0.5, 0.6) is 0 Å². The van der Waals surface area contributed by atoms with Crippen LogP contribution >= 0.6 is 15.9 Å². The van der Waals surface area contributed by atoms with Gasteiger partial charge in [0.05, 0.1) is 13.0 Å². The minimum absolute atomic E-state index is 0.000306. The minimum atomic E-state index is -0.881. The van der Waals surface area contributed by atoms with Crippen LogP contribution in [0, 0.1) is 5.92 Å². The molecule has 0 aliphatic carbocycles. The van der Waals surface area contributed by atoms with Crippen molar-refractivity contribution in [2.45, 2.75) is 6.42 Å². The van der Waals surface area contributed by atoms with Crippen molar-refractivity contribution in [2.24, 2.45) is 5.92 Å². The summed E-state index contributed by atoms with van der Waals surface area (Å²) in [6.07, 6.45) is -0.431. The third-order valence-electron chi connectivity index (χ3n) is 2.71. The Morgan fingerprint density at radius 3 is 2.72 bits per heavy atom. The van der Waals surface area contributed by atoms with Gasteiger partial charge in [-0.2, -0.15) is 0 Å². The molecule has 1 saturated heterocycles. The summed E-state index contributed by atoms with van der Waals surface area (Å²) in [5.74, 6) is -1.06. The van der Waals surface area contributed by atoms with Crippen molar-refractivity contribution in [2.75, 3.05) is 18.1 Å². The number of carboxylic acids is 1. The number of halogens is 1. The van der Waals surface area contributed by atoms with Gasteiger partial charge in [0, 0.05) is 22.6 Å². The van der Waals surface area contributed by atoms with Crippen LogP contribution in [0.2, 0.25) is 0 Å². The number of anilines is 1. The molecule has 18 heavy (non-hydrogen) atoms. The molecule has 1 fully saturated rings. The molecule has 1 aromatic carbocycles. The van der Waals surface area contributed by atoms with Crippen LogP contribution in [0.25, 0.3) is 0 Å². The van der Waals surface area contributed by atoms with Gasteiger partial charge in [-0.3, -0.25) is 9.69 Å². The lowest BCUT2D eigenvalue weighted by Gasteiger charge is -2.31. The van der Waals surface area contributed by atoms with Gasteiger partial charge in [-0.05, 0) is 24.3 Å². The normalized spacial score (nSPS) is 19.5. The third kappa shape index (κ3) is 3.01. The highest BCUT2D eigenvalue weighted by molar-refractivity contribution is 9.10. The van der Waals surface area contributed by atoms with Gasteiger partial charge in [0.1, 0.15) is 0 Å². The second kappa shape index (κ2) is 5.39. The van der Waals surface area contributed by atoms with E-state index < -0.39 is 12.1 Å². The Morgan fingerprint density at radius 1 is 1.44 bits per heavy atom. The number of aliphatic carboxylic acids is 1. The highest BCUT2D eigenvalue weighted by Gasteiger charge is 2.29. The predicted octanol–water partition coefficient (Wildman–Crippen LogP) is 2.50. The highest BCUT2D eigenvalue weighted by Crippen LogP contribution is 2.24. The lowest BCUT2D eigenvalue weighted by Crippen LogP contribution is -2.43. The number of carboxylic acid groups (broad SMARTS) is 1. The summed E-state index contributed by atoms with van der Waals surface area (Å²) >= 11 is 3.32. The van der Waals surface area contributed by atoms with Gasteiger partial charge in [0.25, 0.3) is 0 Å². The Labute approximate surface area is 112 Å². The number of amides is 1. The van der Waals surface area contributed by atoms with E-state index in [1.165, 1.54) is 4.90 Å². The standard InChI is InChI=1S/C12H12BrNO4/c13-9-1-3-10(4-2-9)14-6-8(5-11(15)16)7-18-12(14)17/h1-4,8H,5-7H2,(H,15,16). The molecule has 6 heteroatoms. The second-order valence-corrected chi connectivity index (χ2v) is 5.04. The van der Waals surface area contributed by atoms with Crippen molar-refractivity contribution in [1.29, 1.82) is 0 Å². The van der Waals surface area contributed by atoms with Crippen LogP contribution < -0.4 is 4.90 Å². The molecule has 1 atom stereocenters. The minimum Gasteiger partial charge on any atom is -0.481 e. The number of ether oxygens (including phenoxy) is 1. The van der Waals surface area contributed by atoms with Crippen LogP contribution in [-0.2, 0) is 9.53 Å². The summed E-state index contributed by atoms with van der Waals surface area (Å²) in [6.45, 7) is 0.533. The van der Waals surface area contributed by atoms with Crippen molar-refractivity contribution in [1.82, 2.24) is 0 Å². The number of hydrogen-bond acceptors (Lipinski definition) is 3. The molecule has 0 spiro atoms. The quantitative estimate of drug-likeness (QED) is 0.931. The predicted molar refractivity (Wildman–Crippen MR) is 68.6 cm³/mol. The lowest BCUT2D eigenvalue weighted by atomic mass is 10.0. The Kier molecular flexibility index (Phi) is 3.86. The van der Waals surface area contributed by atoms with Crippen molar-refractivity contribution in [3.8, 4) is 0 Å². The lowest BCUT2D eigenvalue weighted by molar-refractivity contribution is -0.138. The first kappa shape index (κ1) is 12.9. The SMILES string of the molecule is O=C(O)CC1COC(=O)N(c2ccc(Br)cc2)C1. The summed E-state index contributed by atoms with van der Waals surface area (Å²) < 4.78 is 5.92. The first-order chi connectivity index (χ1) is 8.56. The fraction of sp³-hybridized carbons (Fsp3) is 0.333. The first-order valence-corrected chi connectivity index (χ1v) is 6.27. The van der Waals surface area contributed by atoms with Gasteiger partial charge in [-0.15, -0.1) is 0 Å². The molecular weight excluding hydrogens is 302 g/mol. The van der Waals surface area contributed by atoms with E-state index in [-0.39, 0.29) is 18.9 Å². The summed E-state index contributed by atoms with van der Waals surface area (Å²) in [7, 11) is 0. The zero-order chi connectivity index (χ0) is 13.1. The zero-order valence-electron chi connectivity index (χ0n) is 9.51. The summed E-state index contributed by atoms with van der Waals surface area (Å²) in [6, 6.07) is 7.22. The summed E-state index contributed by atoms with van der Waals surface area (Å²) in [4.78, 5) is 23.8. The summed E-state index contributed by atoms with van der Waals surface area (Å²) in [5, 5.41) is 8.76. The van der Waals surface area contributed by atoms with E-state index in [1.807, 2.05) is 12.1 Å². The van der Waals surface area contributed by atoms with E-state index >= 15 is 0 Å². The Morgan fingerprint density at radius 2 is 2.11 bits per heavy atom. The molecule has 0 saturated carbocycles. The summed E-state index contributed by atoms with van der Waals surface area (Å²) in [5.41, 5.74) is 0.707. The molecule has 1 heterocycles. The molecule has 0 radical (unpaired) electrons. The first-order valence-electron chi connectivity index (χ1n) is 5.48. The molecule has 1 aliphatic rings. The van der Waals surface area contributed by atoms with Gasteiger partial charge < -0.3 is 9.84 Å². The molecule has 1 aliphatic heterocycles. The number of hydrogen-bond donors (Lipinski definition) is 1. The third-order valence-corrected chi connectivity index (χ3v) is 3.23. The average molecular weight is 314 g/mol.